The van der Waals surface area contributed by atoms with Crippen molar-refractivity contribution >= 4 is 0 Å². The zero-order chi connectivity index (χ0) is 22.9. The first-order valence-electron chi connectivity index (χ1n) is 13.3. The molecule has 0 radical (unpaired) electrons. The summed E-state index contributed by atoms with van der Waals surface area (Å²) in [4.78, 5) is 0. The fraction of sp³-hybridized carbons (Fsp3) is 0.500. The summed E-state index contributed by atoms with van der Waals surface area (Å²) in [5.41, 5.74) is 5.34. The lowest BCUT2D eigenvalue weighted by Crippen LogP contribution is -2.25. The highest BCUT2D eigenvalue weighted by atomic mass is 16.5. The molecule has 0 amide bonds. The quantitative estimate of drug-likeness (QED) is 0.278. The molecule has 2 aliphatic carbocycles. The van der Waals surface area contributed by atoms with Crippen LogP contribution in [0.25, 0.3) is 11.1 Å². The van der Waals surface area contributed by atoms with Crippen LogP contribution in [0.5, 0.6) is 0 Å². The van der Waals surface area contributed by atoms with Crippen molar-refractivity contribution in [2.24, 2.45) is 17.8 Å². The summed E-state index contributed by atoms with van der Waals surface area (Å²) < 4.78 is 5.54. The number of allylic oxidation sites excluding steroid dienone is 2. The van der Waals surface area contributed by atoms with E-state index in [-0.39, 0.29) is 0 Å². The number of rotatable bonds is 9. The SMILES string of the molecule is C=CCOCc1ccc(-c2ccc(C3CCC(C4CCC(CC=CC)CC4)CC3)cc2)cc1. The largest absolute Gasteiger partial charge is 0.373 e. The maximum atomic E-state index is 5.54. The van der Waals surface area contributed by atoms with Crippen molar-refractivity contribution in [3.63, 3.8) is 0 Å². The van der Waals surface area contributed by atoms with Gasteiger partial charge in [-0.2, -0.15) is 0 Å². The second kappa shape index (κ2) is 12.4. The first kappa shape index (κ1) is 24.0. The van der Waals surface area contributed by atoms with Gasteiger partial charge in [-0.15, -0.1) is 6.58 Å². The first-order chi connectivity index (χ1) is 16.3. The summed E-state index contributed by atoms with van der Waals surface area (Å²) in [7, 11) is 0. The van der Waals surface area contributed by atoms with Gasteiger partial charge in [-0.25, -0.2) is 0 Å². The van der Waals surface area contributed by atoms with Crippen LogP contribution in [-0.2, 0) is 11.3 Å². The number of hydrogen-bond donors (Lipinski definition) is 0. The van der Waals surface area contributed by atoms with Gasteiger partial charge < -0.3 is 4.74 Å². The fourth-order valence-corrected chi connectivity index (χ4v) is 6.15. The van der Waals surface area contributed by atoms with Crippen molar-refractivity contribution < 1.29 is 4.74 Å². The standard InChI is InChI=1S/C32H42O/c1-3-5-6-25-7-11-27(12-8-25)29-15-19-31(20-16-29)32-21-17-30(18-22-32)28-13-9-26(10-14-28)24-33-23-4-2/h3-5,9-10,13-14,17-18,21-22,25,27,29,31H,2,6-8,11-12,15-16,19-20,23-24H2,1H3. The smallest absolute Gasteiger partial charge is 0.0721 e. The van der Waals surface area contributed by atoms with Crippen molar-refractivity contribution in [1.82, 2.24) is 0 Å². The Labute approximate surface area is 202 Å². The van der Waals surface area contributed by atoms with Crippen LogP contribution in [0, 0.1) is 17.8 Å². The molecule has 0 aliphatic heterocycles. The summed E-state index contributed by atoms with van der Waals surface area (Å²) in [6.07, 6.45) is 19.2. The minimum absolute atomic E-state index is 0.600. The summed E-state index contributed by atoms with van der Waals surface area (Å²) in [5, 5.41) is 0. The van der Waals surface area contributed by atoms with E-state index < -0.39 is 0 Å². The van der Waals surface area contributed by atoms with Crippen molar-refractivity contribution in [2.75, 3.05) is 6.61 Å². The van der Waals surface area contributed by atoms with Crippen LogP contribution in [-0.4, -0.2) is 6.61 Å². The minimum Gasteiger partial charge on any atom is -0.373 e. The molecule has 0 unspecified atom stereocenters. The first-order valence-corrected chi connectivity index (χ1v) is 13.3. The Morgan fingerprint density at radius 3 is 1.94 bits per heavy atom. The Balaban J connectivity index is 1.25. The highest BCUT2D eigenvalue weighted by Crippen LogP contribution is 2.44. The normalized spacial score (nSPS) is 25.8. The summed E-state index contributed by atoms with van der Waals surface area (Å²) in [6.45, 7) is 7.09. The molecule has 0 atom stereocenters. The number of hydrogen-bond acceptors (Lipinski definition) is 1. The summed E-state index contributed by atoms with van der Waals surface area (Å²) in [6, 6.07) is 18.2. The molecule has 2 saturated carbocycles. The molecular weight excluding hydrogens is 400 g/mol. The van der Waals surface area contributed by atoms with E-state index in [1.807, 2.05) is 0 Å². The van der Waals surface area contributed by atoms with Crippen molar-refractivity contribution in [3.05, 3.63) is 84.5 Å². The van der Waals surface area contributed by atoms with Crippen molar-refractivity contribution in [1.29, 1.82) is 0 Å². The van der Waals surface area contributed by atoms with E-state index in [2.05, 4.69) is 74.2 Å². The maximum absolute atomic E-state index is 5.54. The van der Waals surface area contributed by atoms with E-state index in [9.17, 15) is 0 Å². The molecule has 1 nitrogen and oxygen atoms in total. The molecule has 2 aromatic rings. The van der Waals surface area contributed by atoms with E-state index in [0.29, 0.717) is 13.2 Å². The molecule has 0 N–H and O–H groups in total. The third-order valence-electron chi connectivity index (χ3n) is 8.21. The topological polar surface area (TPSA) is 9.23 Å². The van der Waals surface area contributed by atoms with Crippen LogP contribution >= 0.6 is 0 Å². The summed E-state index contributed by atoms with van der Waals surface area (Å²) in [5.74, 6) is 3.69. The average molecular weight is 443 g/mol. The van der Waals surface area contributed by atoms with Gasteiger partial charge in [-0.05, 0) is 111 Å². The predicted molar refractivity (Wildman–Crippen MR) is 141 cm³/mol. The zero-order valence-corrected chi connectivity index (χ0v) is 20.6. The van der Waals surface area contributed by atoms with Gasteiger partial charge in [-0.1, -0.05) is 66.8 Å². The predicted octanol–water partition coefficient (Wildman–Crippen LogP) is 9.10. The Morgan fingerprint density at radius 1 is 0.788 bits per heavy atom. The molecule has 0 bridgehead atoms. The molecule has 0 saturated heterocycles. The lowest BCUT2D eigenvalue weighted by Gasteiger charge is -2.38. The van der Waals surface area contributed by atoms with Crippen LogP contribution in [0.15, 0.2) is 73.3 Å². The minimum atomic E-state index is 0.600. The molecule has 4 rings (SSSR count). The Hall–Kier alpha value is -2.12. The lowest BCUT2D eigenvalue weighted by atomic mass is 9.68. The third kappa shape index (κ3) is 6.70. The van der Waals surface area contributed by atoms with E-state index in [1.54, 1.807) is 11.6 Å². The van der Waals surface area contributed by atoms with Crippen LogP contribution in [0.4, 0.5) is 0 Å². The average Bonchev–Trinajstić information content (AvgIpc) is 2.89. The molecule has 0 heterocycles. The fourth-order valence-electron chi connectivity index (χ4n) is 6.15. The highest BCUT2D eigenvalue weighted by molar-refractivity contribution is 5.64. The van der Waals surface area contributed by atoms with Gasteiger partial charge in [0.25, 0.3) is 0 Å². The molecule has 2 aliphatic rings. The second-order valence-corrected chi connectivity index (χ2v) is 10.3. The number of benzene rings is 2. The monoisotopic (exact) mass is 442 g/mol. The Morgan fingerprint density at radius 2 is 1.36 bits per heavy atom. The molecular formula is C32H42O. The van der Waals surface area contributed by atoms with Gasteiger partial charge >= 0.3 is 0 Å². The van der Waals surface area contributed by atoms with E-state index in [4.69, 9.17) is 4.74 Å². The molecule has 176 valence electrons. The van der Waals surface area contributed by atoms with Crippen LogP contribution < -0.4 is 0 Å². The van der Waals surface area contributed by atoms with E-state index in [0.717, 1.165) is 23.7 Å². The number of ether oxygens (including phenoxy) is 1. The van der Waals surface area contributed by atoms with Gasteiger partial charge in [0.1, 0.15) is 0 Å². The van der Waals surface area contributed by atoms with Crippen LogP contribution in [0.3, 0.4) is 0 Å². The lowest BCUT2D eigenvalue weighted by molar-refractivity contribution is 0.149. The Kier molecular flexibility index (Phi) is 9.01. The molecule has 1 heteroatoms. The van der Waals surface area contributed by atoms with Gasteiger partial charge in [0.2, 0.25) is 0 Å². The highest BCUT2D eigenvalue weighted by Gasteiger charge is 2.31. The molecule has 0 aromatic heterocycles. The van der Waals surface area contributed by atoms with E-state index in [1.165, 1.54) is 74.5 Å². The van der Waals surface area contributed by atoms with Gasteiger partial charge in [0, 0.05) is 0 Å². The summed E-state index contributed by atoms with van der Waals surface area (Å²) >= 11 is 0. The second-order valence-electron chi connectivity index (χ2n) is 10.3. The van der Waals surface area contributed by atoms with Crippen molar-refractivity contribution in [3.8, 4) is 11.1 Å². The van der Waals surface area contributed by atoms with Gasteiger partial charge in [0.15, 0.2) is 0 Å². The van der Waals surface area contributed by atoms with Crippen LogP contribution in [0.2, 0.25) is 0 Å². The zero-order valence-electron chi connectivity index (χ0n) is 20.6. The van der Waals surface area contributed by atoms with Crippen LogP contribution in [0.1, 0.15) is 81.8 Å². The third-order valence-corrected chi connectivity index (χ3v) is 8.21. The molecule has 2 fully saturated rings. The molecule has 33 heavy (non-hydrogen) atoms. The molecule has 2 aromatic carbocycles. The van der Waals surface area contributed by atoms with E-state index >= 15 is 0 Å². The van der Waals surface area contributed by atoms with Crippen molar-refractivity contribution in [2.45, 2.75) is 77.2 Å². The maximum Gasteiger partial charge on any atom is 0.0721 e. The molecule has 0 spiro atoms. The Bertz CT molecular complexity index is 860. The van der Waals surface area contributed by atoms with Gasteiger partial charge in [-0.3, -0.25) is 0 Å². The van der Waals surface area contributed by atoms with Gasteiger partial charge in [0.05, 0.1) is 13.2 Å².